The second kappa shape index (κ2) is 4.07. The average molecular weight is 253 g/mol. The fourth-order valence-corrected chi connectivity index (χ4v) is 1.96. The number of hydrogen-bond donors (Lipinski definition) is 1. The average Bonchev–Trinajstić information content (AvgIpc) is 2.75. The first-order valence-corrected chi connectivity index (χ1v) is 5.48. The zero-order chi connectivity index (χ0) is 13.4. The summed E-state index contributed by atoms with van der Waals surface area (Å²) in [5, 5.41) is 8.87. The minimum atomic E-state index is -0.559. The van der Waals surface area contributed by atoms with Crippen LogP contribution < -0.4 is 5.73 Å². The van der Waals surface area contributed by atoms with E-state index < -0.39 is 5.82 Å². The molecule has 3 rings (SSSR count). The molecule has 3 aromatic rings. The van der Waals surface area contributed by atoms with E-state index in [1.54, 1.807) is 35.2 Å². The minimum Gasteiger partial charge on any atom is -0.369 e. The van der Waals surface area contributed by atoms with Crippen LogP contribution >= 0.6 is 0 Å². The van der Waals surface area contributed by atoms with Gasteiger partial charge in [0.05, 0.1) is 23.0 Å². The Morgan fingerprint density at radius 3 is 2.95 bits per heavy atom. The summed E-state index contributed by atoms with van der Waals surface area (Å²) in [6.07, 6.45) is 3.21. The standard InChI is InChI=1S/C13H8FN5/c14-10-2-1-9(5-8(10)6-15)19-12-3-4-17-7-11(12)18-13(19)16/h1-5,7H,(H2,16,18). The molecule has 2 aromatic heterocycles. The molecule has 0 fully saturated rings. The van der Waals surface area contributed by atoms with Crippen molar-refractivity contribution in [3.63, 3.8) is 0 Å². The van der Waals surface area contributed by atoms with Crippen molar-refractivity contribution in [2.75, 3.05) is 5.73 Å². The number of pyridine rings is 1. The zero-order valence-electron chi connectivity index (χ0n) is 9.71. The van der Waals surface area contributed by atoms with Crippen LogP contribution in [0.3, 0.4) is 0 Å². The van der Waals surface area contributed by atoms with E-state index in [0.717, 1.165) is 5.52 Å². The number of nitrogens with zero attached hydrogens (tertiary/aromatic N) is 4. The van der Waals surface area contributed by atoms with Crippen LogP contribution in [0.15, 0.2) is 36.7 Å². The zero-order valence-corrected chi connectivity index (χ0v) is 9.71. The van der Waals surface area contributed by atoms with Gasteiger partial charge in [-0.3, -0.25) is 9.55 Å². The third-order valence-corrected chi connectivity index (χ3v) is 2.81. The van der Waals surface area contributed by atoms with Gasteiger partial charge in [-0.2, -0.15) is 5.26 Å². The van der Waals surface area contributed by atoms with E-state index in [1.165, 1.54) is 12.1 Å². The fraction of sp³-hybridized carbons (Fsp3) is 0. The van der Waals surface area contributed by atoms with Crippen molar-refractivity contribution in [2.24, 2.45) is 0 Å². The highest BCUT2D eigenvalue weighted by atomic mass is 19.1. The molecular formula is C13H8FN5. The number of aromatic nitrogens is 3. The minimum absolute atomic E-state index is 0.0344. The van der Waals surface area contributed by atoms with Crippen molar-refractivity contribution in [3.8, 4) is 11.8 Å². The highest BCUT2D eigenvalue weighted by molar-refractivity contribution is 5.79. The van der Waals surface area contributed by atoms with Gasteiger partial charge in [-0.25, -0.2) is 9.37 Å². The molecule has 0 aliphatic heterocycles. The summed E-state index contributed by atoms with van der Waals surface area (Å²) in [4.78, 5) is 8.13. The van der Waals surface area contributed by atoms with E-state index in [-0.39, 0.29) is 11.5 Å². The Balaban J connectivity index is 2.31. The molecule has 5 nitrogen and oxygen atoms in total. The summed E-state index contributed by atoms with van der Waals surface area (Å²) >= 11 is 0. The third kappa shape index (κ3) is 1.68. The van der Waals surface area contributed by atoms with Gasteiger partial charge in [0.2, 0.25) is 5.95 Å². The number of anilines is 1. The summed E-state index contributed by atoms with van der Waals surface area (Å²) in [5.74, 6) is -0.297. The van der Waals surface area contributed by atoms with Gasteiger partial charge in [-0.1, -0.05) is 0 Å². The number of nitrogen functional groups attached to an aromatic ring is 1. The van der Waals surface area contributed by atoms with Crippen LogP contribution in [-0.2, 0) is 0 Å². The van der Waals surface area contributed by atoms with Crippen molar-refractivity contribution in [2.45, 2.75) is 0 Å². The number of imidazole rings is 1. The molecule has 0 saturated heterocycles. The van der Waals surface area contributed by atoms with E-state index in [4.69, 9.17) is 11.0 Å². The smallest absolute Gasteiger partial charge is 0.205 e. The van der Waals surface area contributed by atoms with Crippen LogP contribution in [0.4, 0.5) is 10.3 Å². The van der Waals surface area contributed by atoms with E-state index in [2.05, 4.69) is 9.97 Å². The van der Waals surface area contributed by atoms with Crippen molar-refractivity contribution >= 4 is 17.0 Å². The number of hydrogen-bond acceptors (Lipinski definition) is 4. The van der Waals surface area contributed by atoms with E-state index in [1.807, 2.05) is 0 Å². The van der Waals surface area contributed by atoms with Gasteiger partial charge in [-0.15, -0.1) is 0 Å². The Labute approximate surface area is 107 Å². The molecular weight excluding hydrogens is 245 g/mol. The highest BCUT2D eigenvalue weighted by Crippen LogP contribution is 2.23. The number of halogens is 1. The third-order valence-electron chi connectivity index (χ3n) is 2.81. The molecule has 0 unspecified atom stereocenters. The van der Waals surface area contributed by atoms with Crippen LogP contribution in [0.1, 0.15) is 5.56 Å². The Morgan fingerprint density at radius 1 is 1.32 bits per heavy atom. The molecule has 0 aliphatic rings. The summed E-state index contributed by atoms with van der Waals surface area (Å²) < 4.78 is 15.0. The lowest BCUT2D eigenvalue weighted by Crippen LogP contribution is -2.01. The monoisotopic (exact) mass is 253 g/mol. The number of benzene rings is 1. The molecule has 0 saturated carbocycles. The molecule has 19 heavy (non-hydrogen) atoms. The van der Waals surface area contributed by atoms with Gasteiger partial charge >= 0.3 is 0 Å². The summed E-state index contributed by atoms with van der Waals surface area (Å²) in [6, 6.07) is 7.79. The second-order valence-corrected chi connectivity index (χ2v) is 3.95. The quantitative estimate of drug-likeness (QED) is 0.719. The molecule has 0 bridgehead atoms. The predicted octanol–water partition coefficient (Wildman–Crippen LogP) is 2.01. The molecule has 2 N–H and O–H groups in total. The number of fused-ring (bicyclic) bond motifs is 1. The van der Waals surface area contributed by atoms with Gasteiger partial charge < -0.3 is 5.73 Å². The first-order chi connectivity index (χ1) is 9.20. The summed E-state index contributed by atoms with van der Waals surface area (Å²) in [5.41, 5.74) is 7.81. The maximum Gasteiger partial charge on any atom is 0.205 e. The van der Waals surface area contributed by atoms with Crippen molar-refractivity contribution in [3.05, 3.63) is 48.0 Å². The first-order valence-electron chi connectivity index (χ1n) is 5.48. The molecule has 1 aromatic carbocycles. The predicted molar refractivity (Wildman–Crippen MR) is 68.0 cm³/mol. The molecule has 0 atom stereocenters. The normalized spacial score (nSPS) is 10.5. The fourth-order valence-electron chi connectivity index (χ4n) is 1.96. The lowest BCUT2D eigenvalue weighted by Gasteiger charge is -2.06. The maximum atomic E-state index is 13.3. The summed E-state index contributed by atoms with van der Waals surface area (Å²) in [7, 11) is 0. The van der Waals surface area contributed by atoms with E-state index in [0.29, 0.717) is 11.2 Å². The first kappa shape index (κ1) is 11.2. The van der Waals surface area contributed by atoms with Crippen LogP contribution in [-0.4, -0.2) is 14.5 Å². The molecule has 0 radical (unpaired) electrons. The van der Waals surface area contributed by atoms with Crippen LogP contribution in [0, 0.1) is 17.1 Å². The van der Waals surface area contributed by atoms with Gasteiger partial charge in [0.1, 0.15) is 17.4 Å². The second-order valence-electron chi connectivity index (χ2n) is 3.95. The van der Waals surface area contributed by atoms with Crippen molar-refractivity contribution in [1.29, 1.82) is 5.26 Å². The SMILES string of the molecule is N#Cc1cc(-n2c(N)nc3cnccc32)ccc1F. The molecule has 0 amide bonds. The lowest BCUT2D eigenvalue weighted by atomic mass is 10.2. The van der Waals surface area contributed by atoms with Crippen LogP contribution in [0.5, 0.6) is 0 Å². The Hall–Kier alpha value is -2.94. The van der Waals surface area contributed by atoms with Crippen LogP contribution in [0.2, 0.25) is 0 Å². The molecule has 0 spiro atoms. The lowest BCUT2D eigenvalue weighted by molar-refractivity contribution is 0.623. The Morgan fingerprint density at radius 2 is 2.16 bits per heavy atom. The van der Waals surface area contributed by atoms with Gasteiger partial charge in [0.15, 0.2) is 0 Å². The number of rotatable bonds is 1. The topological polar surface area (TPSA) is 80.5 Å². The molecule has 0 aliphatic carbocycles. The molecule has 92 valence electrons. The molecule has 6 heteroatoms. The van der Waals surface area contributed by atoms with Crippen molar-refractivity contribution < 1.29 is 4.39 Å². The maximum absolute atomic E-state index is 13.3. The van der Waals surface area contributed by atoms with Crippen LogP contribution in [0.25, 0.3) is 16.7 Å². The summed E-state index contributed by atoms with van der Waals surface area (Å²) in [6.45, 7) is 0. The number of nitrogens with two attached hydrogens (primary N) is 1. The molecule has 2 heterocycles. The number of nitriles is 1. The van der Waals surface area contributed by atoms with Crippen molar-refractivity contribution in [1.82, 2.24) is 14.5 Å². The van der Waals surface area contributed by atoms with Gasteiger partial charge in [0, 0.05) is 6.20 Å². The van der Waals surface area contributed by atoms with E-state index >= 15 is 0 Å². The van der Waals surface area contributed by atoms with Gasteiger partial charge in [-0.05, 0) is 24.3 Å². The largest absolute Gasteiger partial charge is 0.369 e. The highest BCUT2D eigenvalue weighted by Gasteiger charge is 2.11. The Bertz CT molecular complexity index is 816. The Kier molecular flexibility index (Phi) is 2.39. The van der Waals surface area contributed by atoms with Gasteiger partial charge in [0.25, 0.3) is 0 Å². The van der Waals surface area contributed by atoms with E-state index in [9.17, 15) is 4.39 Å².